The van der Waals surface area contributed by atoms with E-state index in [1.165, 1.54) is 5.56 Å². The van der Waals surface area contributed by atoms with Crippen molar-refractivity contribution in [1.82, 2.24) is 0 Å². The first-order valence-corrected chi connectivity index (χ1v) is 9.63. The number of para-hydroxylation sites is 2. The summed E-state index contributed by atoms with van der Waals surface area (Å²) in [4.78, 5) is 15.5. The zero-order valence-corrected chi connectivity index (χ0v) is 15.7. The molecule has 0 fully saturated rings. The molecule has 0 unspecified atom stereocenters. The van der Waals surface area contributed by atoms with E-state index in [0.717, 1.165) is 34.6 Å². The van der Waals surface area contributed by atoms with E-state index in [1.807, 2.05) is 60.8 Å². The summed E-state index contributed by atoms with van der Waals surface area (Å²) in [6, 6.07) is 26.0. The average Bonchev–Trinajstić information content (AvgIpc) is 3.10. The maximum absolute atomic E-state index is 13.4. The number of aryl methyl sites for hydroxylation is 1. The van der Waals surface area contributed by atoms with Crippen molar-refractivity contribution in [2.75, 3.05) is 4.90 Å². The molecule has 138 valence electrons. The van der Waals surface area contributed by atoms with Crippen molar-refractivity contribution in [1.29, 1.82) is 0 Å². The molecule has 0 N–H and O–H groups in total. The molecule has 5 rings (SSSR count). The first-order chi connectivity index (χ1) is 13.7. The maximum atomic E-state index is 13.4. The van der Waals surface area contributed by atoms with Gasteiger partial charge in [-0.2, -0.15) is 0 Å². The van der Waals surface area contributed by atoms with Gasteiger partial charge in [-0.25, -0.2) is 0 Å². The lowest BCUT2D eigenvalue weighted by molar-refractivity contribution is 0.101. The number of ether oxygens (including phenoxy) is 1. The number of anilines is 1. The number of ketones is 1. The predicted molar refractivity (Wildman–Crippen MR) is 111 cm³/mol. The standard InChI is InChI=1S/C25H21NO2/c1-17-8-7-11-19(14-17)20-15-24-26(22-12-5-6-13-23(22)28-24)16-21(20)25(27)18-9-3-2-4-10-18/h2-14,16,20,24H,15H2,1H3/t20-,24+/m0/s1. The summed E-state index contributed by atoms with van der Waals surface area (Å²) >= 11 is 0. The molecule has 2 aliphatic rings. The minimum absolute atomic E-state index is 0.00293. The molecule has 28 heavy (non-hydrogen) atoms. The molecule has 3 nitrogen and oxygen atoms in total. The molecule has 0 bridgehead atoms. The summed E-state index contributed by atoms with van der Waals surface area (Å²) in [5.74, 6) is 0.957. The third kappa shape index (κ3) is 2.80. The van der Waals surface area contributed by atoms with Gasteiger partial charge in [0.15, 0.2) is 12.0 Å². The molecule has 3 aromatic rings. The molecule has 0 saturated carbocycles. The van der Waals surface area contributed by atoms with Crippen LogP contribution in [0.2, 0.25) is 0 Å². The summed E-state index contributed by atoms with van der Waals surface area (Å²) < 4.78 is 6.20. The molecule has 0 aromatic heterocycles. The van der Waals surface area contributed by atoms with Gasteiger partial charge in [-0.05, 0) is 24.6 Å². The maximum Gasteiger partial charge on any atom is 0.191 e. The Morgan fingerprint density at radius 3 is 2.57 bits per heavy atom. The summed E-state index contributed by atoms with van der Waals surface area (Å²) in [6.07, 6.45) is 2.65. The van der Waals surface area contributed by atoms with Gasteiger partial charge in [0, 0.05) is 29.7 Å². The van der Waals surface area contributed by atoms with Crippen molar-refractivity contribution in [3.63, 3.8) is 0 Å². The smallest absolute Gasteiger partial charge is 0.191 e. The summed E-state index contributed by atoms with van der Waals surface area (Å²) in [7, 11) is 0. The second-order valence-corrected chi connectivity index (χ2v) is 7.43. The van der Waals surface area contributed by atoms with Gasteiger partial charge in [0.25, 0.3) is 0 Å². The quantitative estimate of drug-likeness (QED) is 0.575. The highest BCUT2D eigenvalue weighted by Crippen LogP contribution is 2.45. The van der Waals surface area contributed by atoms with Crippen LogP contribution in [0.25, 0.3) is 0 Å². The second-order valence-electron chi connectivity index (χ2n) is 7.43. The Morgan fingerprint density at radius 1 is 0.964 bits per heavy atom. The molecule has 2 atom stereocenters. The van der Waals surface area contributed by atoms with E-state index in [0.29, 0.717) is 0 Å². The van der Waals surface area contributed by atoms with E-state index in [-0.39, 0.29) is 17.9 Å². The molecular weight excluding hydrogens is 346 g/mol. The lowest BCUT2D eigenvalue weighted by Gasteiger charge is -2.33. The summed E-state index contributed by atoms with van der Waals surface area (Å²) in [6.45, 7) is 2.09. The van der Waals surface area contributed by atoms with Crippen LogP contribution in [0.1, 0.15) is 33.8 Å². The number of carbonyl (C=O) groups excluding carboxylic acids is 1. The number of fused-ring (bicyclic) bond motifs is 3. The molecular formula is C25H21NO2. The van der Waals surface area contributed by atoms with Crippen molar-refractivity contribution in [3.8, 4) is 5.75 Å². The molecule has 0 aliphatic carbocycles. The van der Waals surface area contributed by atoms with E-state index >= 15 is 0 Å². The van der Waals surface area contributed by atoms with E-state index in [4.69, 9.17) is 4.74 Å². The fourth-order valence-electron chi connectivity index (χ4n) is 4.19. The number of nitrogens with zero attached hydrogens (tertiary/aromatic N) is 1. The van der Waals surface area contributed by atoms with Crippen LogP contribution in [-0.2, 0) is 0 Å². The van der Waals surface area contributed by atoms with Gasteiger partial charge >= 0.3 is 0 Å². The van der Waals surface area contributed by atoms with Gasteiger partial charge in [-0.3, -0.25) is 4.79 Å². The van der Waals surface area contributed by atoms with Crippen LogP contribution in [0.5, 0.6) is 5.75 Å². The first-order valence-electron chi connectivity index (χ1n) is 9.63. The van der Waals surface area contributed by atoms with Crippen molar-refractivity contribution in [2.45, 2.75) is 25.5 Å². The van der Waals surface area contributed by atoms with Gasteiger partial charge in [0.2, 0.25) is 0 Å². The Kier molecular flexibility index (Phi) is 4.01. The number of allylic oxidation sites excluding steroid dienone is 1. The van der Waals surface area contributed by atoms with Gasteiger partial charge in [0.05, 0.1) is 5.69 Å². The number of rotatable bonds is 3. The highest BCUT2D eigenvalue weighted by molar-refractivity contribution is 6.10. The zero-order chi connectivity index (χ0) is 19.1. The predicted octanol–water partition coefficient (Wildman–Crippen LogP) is 5.47. The Bertz CT molecular complexity index is 1070. The summed E-state index contributed by atoms with van der Waals surface area (Å²) in [5.41, 5.74) is 4.91. The van der Waals surface area contributed by atoms with Crippen molar-refractivity contribution < 1.29 is 9.53 Å². The Morgan fingerprint density at radius 2 is 1.75 bits per heavy atom. The lowest BCUT2D eigenvalue weighted by atomic mass is 9.81. The van der Waals surface area contributed by atoms with Crippen LogP contribution < -0.4 is 9.64 Å². The Labute approximate surface area is 164 Å². The zero-order valence-electron chi connectivity index (χ0n) is 15.7. The van der Waals surface area contributed by atoms with Crippen molar-refractivity contribution in [3.05, 3.63) is 107 Å². The van der Waals surface area contributed by atoms with Gasteiger partial charge in [0.1, 0.15) is 5.75 Å². The van der Waals surface area contributed by atoms with Gasteiger partial charge < -0.3 is 9.64 Å². The highest BCUT2D eigenvalue weighted by atomic mass is 16.5. The van der Waals surface area contributed by atoms with E-state index in [9.17, 15) is 4.79 Å². The monoisotopic (exact) mass is 367 g/mol. The van der Waals surface area contributed by atoms with Gasteiger partial charge in [-0.1, -0.05) is 72.3 Å². The van der Waals surface area contributed by atoms with Crippen LogP contribution in [0.4, 0.5) is 5.69 Å². The highest BCUT2D eigenvalue weighted by Gasteiger charge is 2.39. The van der Waals surface area contributed by atoms with E-state index < -0.39 is 0 Å². The number of hydrogen-bond acceptors (Lipinski definition) is 3. The average molecular weight is 367 g/mol. The number of benzene rings is 3. The fourth-order valence-corrected chi connectivity index (χ4v) is 4.19. The van der Waals surface area contributed by atoms with Crippen LogP contribution >= 0.6 is 0 Å². The first kappa shape index (κ1) is 16.8. The Hall–Kier alpha value is -3.33. The molecule has 0 radical (unpaired) electrons. The van der Waals surface area contributed by atoms with Crippen LogP contribution in [0.15, 0.2) is 90.6 Å². The van der Waals surface area contributed by atoms with Gasteiger partial charge in [-0.15, -0.1) is 0 Å². The minimum Gasteiger partial charge on any atom is -0.468 e. The normalized spacial score (nSPS) is 20.0. The fraction of sp³-hybridized carbons (Fsp3) is 0.160. The third-order valence-corrected chi connectivity index (χ3v) is 5.55. The van der Waals surface area contributed by atoms with Crippen molar-refractivity contribution in [2.24, 2.45) is 0 Å². The van der Waals surface area contributed by atoms with Crippen LogP contribution in [-0.4, -0.2) is 12.0 Å². The lowest BCUT2D eigenvalue weighted by Crippen LogP contribution is -2.38. The molecule has 3 heteroatoms. The molecule has 2 aliphatic heterocycles. The minimum atomic E-state index is -0.0877. The SMILES string of the molecule is Cc1cccc([C@@H]2C[C@H]3Oc4ccccc4N3C=C2C(=O)c2ccccc2)c1. The summed E-state index contributed by atoms with van der Waals surface area (Å²) in [5, 5.41) is 0. The molecule has 2 heterocycles. The van der Waals surface area contributed by atoms with E-state index in [1.54, 1.807) is 0 Å². The van der Waals surface area contributed by atoms with Crippen LogP contribution in [0.3, 0.4) is 0 Å². The second kappa shape index (κ2) is 6.68. The Balaban J connectivity index is 1.62. The number of Topliss-reactive ketones (excluding diaryl/α,β-unsaturated/α-hetero) is 1. The molecule has 0 saturated heterocycles. The molecule has 0 amide bonds. The largest absolute Gasteiger partial charge is 0.468 e. The molecule has 0 spiro atoms. The van der Waals surface area contributed by atoms with E-state index in [2.05, 4.69) is 36.1 Å². The topological polar surface area (TPSA) is 29.5 Å². The van der Waals surface area contributed by atoms with Crippen LogP contribution in [0, 0.1) is 6.92 Å². The molecule has 3 aromatic carbocycles. The van der Waals surface area contributed by atoms with Crippen molar-refractivity contribution >= 4 is 11.5 Å². The number of carbonyl (C=O) groups is 1. The number of hydrogen-bond donors (Lipinski definition) is 0. The third-order valence-electron chi connectivity index (χ3n) is 5.55.